The molecule has 0 aromatic heterocycles. The summed E-state index contributed by atoms with van der Waals surface area (Å²) in [6.07, 6.45) is 0.779. The molecule has 9 nitrogen and oxygen atoms in total. The van der Waals surface area contributed by atoms with Crippen molar-refractivity contribution >= 4 is 23.4 Å². The molecule has 0 saturated heterocycles. The molecule has 1 aliphatic heterocycles. The molecular formula is C36H37NO8. The lowest BCUT2D eigenvalue weighted by Gasteiger charge is -2.38. The first-order valence-electron chi connectivity index (χ1n) is 14.9. The summed E-state index contributed by atoms with van der Waals surface area (Å²) in [5.41, 5.74) is 3.97. The van der Waals surface area contributed by atoms with Crippen LogP contribution in [0.25, 0.3) is 0 Å². The van der Waals surface area contributed by atoms with Gasteiger partial charge in [-0.3, -0.25) is 14.6 Å². The SMILES string of the molecule is CCOc1cc([C@@H]2C(C(=O)OCc3ccccc3)=C(C)N=C3C[C@@H](c4ccc(OC)c(OC)c4)CC(=O)C32)ccc1OC(C)=O. The number of rotatable bonds is 10. The number of aliphatic imine (C=N–C) groups is 1. The van der Waals surface area contributed by atoms with Crippen molar-refractivity contribution in [1.29, 1.82) is 0 Å². The van der Waals surface area contributed by atoms with E-state index in [9.17, 15) is 14.4 Å². The Kier molecular flexibility index (Phi) is 9.66. The van der Waals surface area contributed by atoms with E-state index in [0.717, 1.165) is 11.1 Å². The van der Waals surface area contributed by atoms with Crippen molar-refractivity contribution in [3.05, 3.63) is 94.7 Å². The summed E-state index contributed by atoms with van der Waals surface area (Å²) in [4.78, 5) is 44.6. The smallest absolute Gasteiger partial charge is 0.336 e. The molecule has 5 rings (SSSR count). The van der Waals surface area contributed by atoms with Gasteiger partial charge in [-0.1, -0.05) is 42.5 Å². The molecule has 3 atom stereocenters. The standard InChI is InChI=1S/C36H37NO8/c1-6-43-32-19-25(13-15-30(32)45-22(3)38)34-33(36(40)44-20-23-10-8-7-9-11-23)21(2)37-27-16-26(17-28(39)35(27)34)24-12-14-29(41-4)31(18-24)42-5/h7-15,18-19,26,34-35H,6,16-17,20H2,1-5H3/t26-,34-,35?/m1/s1. The van der Waals surface area contributed by atoms with Crippen molar-refractivity contribution < 1.29 is 38.1 Å². The van der Waals surface area contributed by atoms with Gasteiger partial charge in [-0.2, -0.15) is 0 Å². The number of hydrogen-bond acceptors (Lipinski definition) is 9. The molecule has 1 aliphatic carbocycles. The topological polar surface area (TPSA) is 110 Å². The second-order valence-electron chi connectivity index (χ2n) is 11.0. The van der Waals surface area contributed by atoms with Crippen LogP contribution < -0.4 is 18.9 Å². The number of ketones is 1. The minimum Gasteiger partial charge on any atom is -0.493 e. The molecular weight excluding hydrogens is 574 g/mol. The van der Waals surface area contributed by atoms with E-state index >= 15 is 0 Å². The van der Waals surface area contributed by atoms with Crippen LogP contribution in [0.3, 0.4) is 0 Å². The molecule has 1 unspecified atom stereocenters. The van der Waals surface area contributed by atoms with Gasteiger partial charge in [0.2, 0.25) is 0 Å². The van der Waals surface area contributed by atoms with E-state index in [2.05, 4.69) is 0 Å². The average Bonchev–Trinajstić information content (AvgIpc) is 3.03. The van der Waals surface area contributed by atoms with E-state index < -0.39 is 23.8 Å². The van der Waals surface area contributed by atoms with Gasteiger partial charge in [0.05, 0.1) is 32.3 Å². The largest absolute Gasteiger partial charge is 0.493 e. The molecule has 45 heavy (non-hydrogen) atoms. The molecule has 0 bridgehead atoms. The number of ether oxygens (including phenoxy) is 5. The van der Waals surface area contributed by atoms with Crippen LogP contribution in [0.15, 0.2) is 83.0 Å². The van der Waals surface area contributed by atoms with Crippen LogP contribution in [0.5, 0.6) is 23.0 Å². The quantitative estimate of drug-likeness (QED) is 0.193. The fourth-order valence-electron chi connectivity index (χ4n) is 6.17. The predicted octanol–water partition coefficient (Wildman–Crippen LogP) is 6.35. The Morgan fingerprint density at radius 2 is 1.53 bits per heavy atom. The molecule has 0 radical (unpaired) electrons. The summed E-state index contributed by atoms with van der Waals surface area (Å²) < 4.78 is 27.9. The van der Waals surface area contributed by atoms with Crippen LogP contribution in [0.2, 0.25) is 0 Å². The third kappa shape index (κ3) is 6.77. The highest BCUT2D eigenvalue weighted by Crippen LogP contribution is 2.48. The Hall–Kier alpha value is -4.92. The molecule has 0 N–H and O–H groups in total. The summed E-state index contributed by atoms with van der Waals surface area (Å²) in [7, 11) is 3.16. The number of esters is 2. The number of nitrogens with zero attached hydrogens (tertiary/aromatic N) is 1. The first kappa shape index (κ1) is 31.5. The van der Waals surface area contributed by atoms with Crippen molar-refractivity contribution in [1.82, 2.24) is 0 Å². The number of hydrogen-bond donors (Lipinski definition) is 0. The van der Waals surface area contributed by atoms with Crippen LogP contribution in [-0.4, -0.2) is 44.3 Å². The minimum atomic E-state index is -0.682. The van der Waals surface area contributed by atoms with Crippen LogP contribution in [0, 0.1) is 5.92 Å². The van der Waals surface area contributed by atoms with Gasteiger partial charge in [-0.25, -0.2) is 4.79 Å². The molecule has 2 aliphatic rings. The van der Waals surface area contributed by atoms with Crippen molar-refractivity contribution in [3.63, 3.8) is 0 Å². The van der Waals surface area contributed by atoms with E-state index in [1.807, 2.05) is 55.5 Å². The maximum absolute atomic E-state index is 14.1. The predicted molar refractivity (Wildman–Crippen MR) is 168 cm³/mol. The molecule has 1 fully saturated rings. The van der Waals surface area contributed by atoms with Crippen LogP contribution in [0.4, 0.5) is 0 Å². The second kappa shape index (κ2) is 13.8. The number of allylic oxidation sites excluding steroid dienone is 1. The summed E-state index contributed by atoms with van der Waals surface area (Å²) in [6, 6.07) is 20.2. The van der Waals surface area contributed by atoms with Crippen molar-refractivity contribution in [2.24, 2.45) is 10.9 Å². The van der Waals surface area contributed by atoms with Gasteiger partial charge >= 0.3 is 11.9 Å². The Balaban J connectivity index is 1.56. The fourth-order valence-corrected chi connectivity index (χ4v) is 6.17. The van der Waals surface area contributed by atoms with Crippen molar-refractivity contribution in [3.8, 4) is 23.0 Å². The van der Waals surface area contributed by atoms with E-state index in [1.165, 1.54) is 6.92 Å². The molecule has 3 aromatic rings. The Morgan fingerprint density at radius 1 is 0.844 bits per heavy atom. The molecule has 0 spiro atoms. The maximum Gasteiger partial charge on any atom is 0.336 e. The monoisotopic (exact) mass is 611 g/mol. The number of carbonyl (C=O) groups is 3. The fraction of sp³-hybridized carbons (Fsp3) is 0.333. The Labute approximate surface area is 262 Å². The van der Waals surface area contributed by atoms with E-state index in [4.69, 9.17) is 28.7 Å². The number of carbonyl (C=O) groups excluding carboxylic acids is 3. The molecule has 0 amide bonds. The lowest BCUT2D eigenvalue weighted by atomic mass is 9.66. The lowest BCUT2D eigenvalue weighted by Crippen LogP contribution is -2.41. The Morgan fingerprint density at radius 3 is 2.22 bits per heavy atom. The summed E-state index contributed by atoms with van der Waals surface area (Å²) in [5.74, 6) is -0.749. The molecule has 1 saturated carbocycles. The van der Waals surface area contributed by atoms with Gasteiger partial charge in [0.1, 0.15) is 12.4 Å². The van der Waals surface area contributed by atoms with E-state index in [0.29, 0.717) is 52.8 Å². The number of methoxy groups -OCH3 is 2. The minimum absolute atomic E-state index is 0.0346. The van der Waals surface area contributed by atoms with Crippen LogP contribution >= 0.6 is 0 Å². The lowest BCUT2D eigenvalue weighted by molar-refractivity contribution is -0.141. The highest BCUT2D eigenvalue weighted by Gasteiger charge is 2.46. The van der Waals surface area contributed by atoms with E-state index in [1.54, 1.807) is 39.3 Å². The third-order valence-corrected chi connectivity index (χ3v) is 8.15. The number of benzene rings is 3. The van der Waals surface area contributed by atoms with Crippen molar-refractivity contribution in [2.45, 2.75) is 52.1 Å². The van der Waals surface area contributed by atoms with Gasteiger partial charge in [0.15, 0.2) is 23.0 Å². The van der Waals surface area contributed by atoms with Crippen LogP contribution in [-0.2, 0) is 25.7 Å². The Bertz CT molecular complexity index is 1660. The number of Topliss-reactive ketones (excluding diaryl/α,β-unsaturated/α-hetero) is 1. The average molecular weight is 612 g/mol. The van der Waals surface area contributed by atoms with Gasteiger partial charge in [-0.15, -0.1) is 0 Å². The zero-order valence-electron chi connectivity index (χ0n) is 26.1. The van der Waals surface area contributed by atoms with E-state index in [-0.39, 0.29) is 30.5 Å². The molecule has 234 valence electrons. The van der Waals surface area contributed by atoms with Gasteiger partial charge in [-0.05, 0) is 67.1 Å². The highest BCUT2D eigenvalue weighted by molar-refractivity contribution is 6.12. The van der Waals surface area contributed by atoms with Crippen LogP contribution in [0.1, 0.15) is 62.1 Å². The highest BCUT2D eigenvalue weighted by atomic mass is 16.6. The van der Waals surface area contributed by atoms with Gasteiger partial charge in [0.25, 0.3) is 0 Å². The van der Waals surface area contributed by atoms with Gasteiger partial charge in [0, 0.05) is 30.7 Å². The molecule has 1 heterocycles. The first-order valence-corrected chi connectivity index (χ1v) is 14.9. The van der Waals surface area contributed by atoms with Crippen molar-refractivity contribution in [2.75, 3.05) is 20.8 Å². The van der Waals surface area contributed by atoms with Gasteiger partial charge < -0.3 is 23.7 Å². The zero-order valence-corrected chi connectivity index (χ0v) is 26.1. The molecule has 3 aromatic carbocycles. The first-order chi connectivity index (χ1) is 21.7. The number of fused-ring (bicyclic) bond motifs is 1. The summed E-state index contributed by atoms with van der Waals surface area (Å²) >= 11 is 0. The zero-order chi connectivity index (χ0) is 32.1. The maximum atomic E-state index is 14.1. The molecule has 9 heteroatoms. The summed E-state index contributed by atoms with van der Waals surface area (Å²) in [6.45, 7) is 5.32. The third-order valence-electron chi connectivity index (χ3n) is 8.15. The summed E-state index contributed by atoms with van der Waals surface area (Å²) in [5, 5.41) is 0. The second-order valence-corrected chi connectivity index (χ2v) is 11.0. The normalized spacial score (nSPS) is 19.3.